The number of carbonyl (C=O) groups is 1. The lowest BCUT2D eigenvalue weighted by molar-refractivity contribution is -0.128. The summed E-state index contributed by atoms with van der Waals surface area (Å²) in [5, 5.41) is 3.06. The molecule has 4 saturated carbocycles. The van der Waals surface area contributed by atoms with Crippen LogP contribution in [0, 0.1) is 23.1 Å². The van der Waals surface area contributed by atoms with Crippen molar-refractivity contribution in [1.82, 2.24) is 5.32 Å². The van der Waals surface area contributed by atoms with E-state index >= 15 is 0 Å². The normalized spacial score (nSPS) is 36.8. The number of alkyl halides is 1. The lowest BCUT2D eigenvalue weighted by Crippen LogP contribution is -2.54. The molecule has 4 aliphatic carbocycles. The average Bonchev–Trinajstić information content (AvgIpc) is 2.43. The van der Waals surface area contributed by atoms with E-state index in [2.05, 4.69) is 21.2 Å². The third-order valence-electron chi connectivity index (χ3n) is 6.27. The maximum absolute atomic E-state index is 13.2. The van der Waals surface area contributed by atoms with Crippen LogP contribution in [0.5, 0.6) is 0 Å². The van der Waals surface area contributed by atoms with E-state index < -0.39 is 0 Å². The highest BCUT2D eigenvalue weighted by Crippen LogP contribution is 2.65. The van der Waals surface area contributed by atoms with Crippen molar-refractivity contribution in [2.45, 2.75) is 55.7 Å². The molecule has 0 saturated heterocycles. The Morgan fingerprint density at radius 3 is 2.67 bits per heavy atom. The summed E-state index contributed by atoms with van der Waals surface area (Å²) in [5.74, 6) is 1.58. The minimum atomic E-state index is -0.213. The van der Waals surface area contributed by atoms with Crippen LogP contribution >= 0.6 is 15.9 Å². The fourth-order valence-corrected chi connectivity index (χ4v) is 7.50. The maximum Gasteiger partial charge on any atom is 0.220 e. The molecule has 4 aliphatic rings. The van der Waals surface area contributed by atoms with E-state index in [4.69, 9.17) is 0 Å². The van der Waals surface area contributed by atoms with Crippen LogP contribution in [0.3, 0.4) is 0 Å². The third-order valence-corrected chi connectivity index (χ3v) is 7.20. The summed E-state index contributed by atoms with van der Waals surface area (Å²) in [7, 11) is 0. The molecule has 0 aromatic heterocycles. The Kier molecular flexibility index (Phi) is 4.22. The largest absolute Gasteiger partial charge is 0.356 e. The molecule has 1 aromatic carbocycles. The van der Waals surface area contributed by atoms with Gasteiger partial charge in [0.1, 0.15) is 5.82 Å². The molecule has 1 amide bonds. The first-order chi connectivity index (χ1) is 11.4. The number of rotatable bonds is 5. The van der Waals surface area contributed by atoms with Crippen molar-refractivity contribution >= 4 is 21.8 Å². The smallest absolute Gasteiger partial charge is 0.220 e. The Morgan fingerprint density at radius 2 is 2.00 bits per heavy atom. The molecular weight excluding hydrogens is 369 g/mol. The van der Waals surface area contributed by atoms with E-state index in [1.165, 1.54) is 38.2 Å². The second kappa shape index (κ2) is 6.12. The van der Waals surface area contributed by atoms with E-state index in [1.807, 2.05) is 6.07 Å². The van der Waals surface area contributed by atoms with Gasteiger partial charge in [0, 0.05) is 17.3 Å². The summed E-state index contributed by atoms with van der Waals surface area (Å²) >= 11 is 4.01. The molecule has 1 N–H and O–H groups in total. The summed E-state index contributed by atoms with van der Waals surface area (Å²) in [6, 6.07) is 6.62. The van der Waals surface area contributed by atoms with Gasteiger partial charge in [0.25, 0.3) is 0 Å². The molecule has 0 aliphatic heterocycles. The topological polar surface area (TPSA) is 29.1 Å². The number of halogens is 2. The van der Waals surface area contributed by atoms with Gasteiger partial charge in [-0.25, -0.2) is 4.39 Å². The van der Waals surface area contributed by atoms with Crippen LogP contribution in [0.2, 0.25) is 0 Å². The Balaban J connectivity index is 1.32. The van der Waals surface area contributed by atoms with Crippen LogP contribution < -0.4 is 5.32 Å². The Bertz CT molecular complexity index is 632. The molecular formula is C20H25BrFNO. The molecule has 24 heavy (non-hydrogen) atoms. The predicted octanol–water partition coefficient (Wildman–Crippen LogP) is 4.61. The second-order valence-electron chi connectivity index (χ2n) is 8.52. The first-order valence-corrected chi connectivity index (χ1v) is 9.93. The SMILES string of the molecule is O=C(CC12CC3CC(CC(Br)(C3)C1)C2)NCCc1cccc(F)c1. The zero-order chi connectivity index (χ0) is 16.8. The summed E-state index contributed by atoms with van der Waals surface area (Å²) in [6.45, 7) is 0.588. The first-order valence-electron chi connectivity index (χ1n) is 9.14. The molecule has 4 fully saturated rings. The van der Waals surface area contributed by atoms with Gasteiger partial charge in [0.2, 0.25) is 5.91 Å². The molecule has 1 aromatic rings. The average molecular weight is 394 g/mol. The van der Waals surface area contributed by atoms with E-state index in [-0.39, 0.29) is 17.1 Å². The van der Waals surface area contributed by atoms with Crippen LogP contribution in [0.25, 0.3) is 0 Å². The number of hydrogen-bond acceptors (Lipinski definition) is 1. The monoisotopic (exact) mass is 393 g/mol. The van der Waals surface area contributed by atoms with Gasteiger partial charge in [-0.1, -0.05) is 28.1 Å². The highest BCUT2D eigenvalue weighted by Gasteiger charge is 2.57. The van der Waals surface area contributed by atoms with Crippen molar-refractivity contribution < 1.29 is 9.18 Å². The Hall–Kier alpha value is -0.900. The van der Waals surface area contributed by atoms with Gasteiger partial charge >= 0.3 is 0 Å². The van der Waals surface area contributed by atoms with Crippen LogP contribution in [-0.4, -0.2) is 16.8 Å². The summed E-state index contributed by atoms with van der Waals surface area (Å²) in [4.78, 5) is 12.5. The predicted molar refractivity (Wildman–Crippen MR) is 96.5 cm³/mol. The number of hydrogen-bond donors (Lipinski definition) is 1. The van der Waals surface area contributed by atoms with E-state index in [0.717, 1.165) is 23.8 Å². The molecule has 2 atom stereocenters. The Morgan fingerprint density at radius 1 is 1.25 bits per heavy atom. The van der Waals surface area contributed by atoms with Crippen molar-refractivity contribution in [2.75, 3.05) is 6.54 Å². The van der Waals surface area contributed by atoms with Crippen molar-refractivity contribution in [3.8, 4) is 0 Å². The van der Waals surface area contributed by atoms with Gasteiger partial charge < -0.3 is 5.32 Å². The van der Waals surface area contributed by atoms with Gasteiger partial charge in [-0.2, -0.15) is 0 Å². The highest BCUT2D eigenvalue weighted by atomic mass is 79.9. The van der Waals surface area contributed by atoms with Gasteiger partial charge in [-0.15, -0.1) is 0 Å². The molecule has 4 heteroatoms. The summed E-state index contributed by atoms with van der Waals surface area (Å²) in [5.41, 5.74) is 1.15. The third kappa shape index (κ3) is 3.40. The highest BCUT2D eigenvalue weighted by molar-refractivity contribution is 9.10. The van der Waals surface area contributed by atoms with Gasteiger partial charge in [0.05, 0.1) is 0 Å². The summed E-state index contributed by atoms with van der Waals surface area (Å²) < 4.78 is 13.5. The van der Waals surface area contributed by atoms with Crippen LogP contribution in [0.15, 0.2) is 24.3 Å². The zero-order valence-electron chi connectivity index (χ0n) is 14.0. The number of carbonyl (C=O) groups excluding carboxylic acids is 1. The molecule has 4 bridgehead atoms. The molecule has 5 rings (SSSR count). The Labute approximate surface area is 151 Å². The molecule has 0 spiro atoms. The van der Waals surface area contributed by atoms with Crippen molar-refractivity contribution in [2.24, 2.45) is 17.3 Å². The van der Waals surface area contributed by atoms with Gasteiger partial charge in [-0.3, -0.25) is 4.79 Å². The van der Waals surface area contributed by atoms with Crippen molar-refractivity contribution in [3.63, 3.8) is 0 Å². The van der Waals surface area contributed by atoms with Crippen LogP contribution in [-0.2, 0) is 11.2 Å². The zero-order valence-corrected chi connectivity index (χ0v) is 15.6. The molecule has 0 radical (unpaired) electrons. The standard InChI is InChI=1S/C20H25BrFNO/c21-20-10-15-6-16(11-20)9-19(8-15,13-20)12-18(24)23-5-4-14-2-1-3-17(22)7-14/h1-3,7,15-16H,4-6,8-13H2,(H,23,24). The second-order valence-corrected chi connectivity index (χ2v) is 10.2. The molecule has 0 heterocycles. The van der Waals surface area contributed by atoms with E-state index in [9.17, 15) is 9.18 Å². The fourth-order valence-electron chi connectivity index (χ4n) is 5.98. The number of amides is 1. The van der Waals surface area contributed by atoms with Crippen molar-refractivity contribution in [1.29, 1.82) is 0 Å². The van der Waals surface area contributed by atoms with Crippen LogP contribution in [0.4, 0.5) is 4.39 Å². The minimum Gasteiger partial charge on any atom is -0.356 e. The van der Waals surface area contributed by atoms with E-state index in [0.29, 0.717) is 23.7 Å². The molecule has 2 unspecified atom stereocenters. The van der Waals surface area contributed by atoms with Crippen molar-refractivity contribution in [3.05, 3.63) is 35.6 Å². The molecule has 130 valence electrons. The van der Waals surface area contributed by atoms with Crippen LogP contribution in [0.1, 0.15) is 50.5 Å². The van der Waals surface area contributed by atoms with E-state index in [1.54, 1.807) is 12.1 Å². The maximum atomic E-state index is 13.2. The fraction of sp³-hybridized carbons (Fsp3) is 0.650. The quantitative estimate of drug-likeness (QED) is 0.727. The minimum absolute atomic E-state index is 0.171. The first kappa shape index (κ1) is 16.6. The lowest BCUT2D eigenvalue weighted by atomic mass is 9.48. The van der Waals surface area contributed by atoms with Gasteiger partial charge in [0.15, 0.2) is 0 Å². The molecule has 2 nitrogen and oxygen atoms in total. The lowest BCUT2D eigenvalue weighted by Gasteiger charge is -2.60. The number of benzene rings is 1. The summed E-state index contributed by atoms with van der Waals surface area (Å²) in [6.07, 6.45) is 8.93. The van der Waals surface area contributed by atoms with Gasteiger partial charge in [-0.05, 0) is 79.9 Å². The number of nitrogens with one attached hydrogen (secondary N) is 1.